The largest absolute Gasteiger partial charge is 0.441 e. The van der Waals surface area contributed by atoms with Crippen molar-refractivity contribution in [2.24, 2.45) is 0 Å². The number of benzene rings is 1. The third-order valence-electron chi connectivity index (χ3n) is 4.67. The van der Waals surface area contributed by atoms with Crippen LogP contribution in [0.4, 0.5) is 0 Å². The predicted octanol–water partition coefficient (Wildman–Crippen LogP) is 4.72. The highest BCUT2D eigenvalue weighted by Crippen LogP contribution is 2.22. The lowest BCUT2D eigenvalue weighted by atomic mass is 10.1. The molecule has 0 saturated heterocycles. The molecule has 5 heteroatoms. The van der Waals surface area contributed by atoms with E-state index in [0.29, 0.717) is 12.3 Å². The minimum absolute atomic E-state index is 0.100. The molecule has 2 aromatic heterocycles. The van der Waals surface area contributed by atoms with Crippen LogP contribution in [0.2, 0.25) is 0 Å². The number of pyridine rings is 1. The molecule has 0 radical (unpaired) electrons. The first-order valence-corrected chi connectivity index (χ1v) is 9.69. The van der Waals surface area contributed by atoms with Gasteiger partial charge < -0.3 is 9.15 Å². The Morgan fingerprint density at radius 2 is 1.82 bits per heavy atom. The van der Waals surface area contributed by atoms with E-state index in [1.807, 2.05) is 31.2 Å². The minimum atomic E-state index is 0.100. The molecule has 0 saturated carbocycles. The number of oxazole rings is 1. The van der Waals surface area contributed by atoms with Crippen molar-refractivity contribution in [1.82, 2.24) is 9.97 Å². The first kappa shape index (κ1) is 20.0. The number of hydrogen-bond donors (Lipinski definition) is 0. The van der Waals surface area contributed by atoms with Crippen LogP contribution in [-0.2, 0) is 29.0 Å². The van der Waals surface area contributed by atoms with Crippen LogP contribution in [0.15, 0.2) is 53.2 Å². The van der Waals surface area contributed by atoms with E-state index < -0.39 is 0 Å². The Hall–Kier alpha value is -2.79. The van der Waals surface area contributed by atoms with E-state index in [4.69, 9.17) is 9.15 Å². The molecular weight excluding hydrogens is 352 g/mol. The maximum atomic E-state index is 12.0. The van der Waals surface area contributed by atoms with Gasteiger partial charge in [0.2, 0.25) is 5.89 Å². The summed E-state index contributed by atoms with van der Waals surface area (Å²) in [5.41, 5.74) is 4.15. The number of ketones is 1. The molecule has 2 heterocycles. The molecule has 0 spiro atoms. The van der Waals surface area contributed by atoms with E-state index in [2.05, 4.69) is 29.0 Å². The van der Waals surface area contributed by atoms with Crippen molar-refractivity contribution >= 4 is 5.78 Å². The third-order valence-corrected chi connectivity index (χ3v) is 4.67. The maximum absolute atomic E-state index is 12.0. The van der Waals surface area contributed by atoms with Crippen molar-refractivity contribution in [2.75, 3.05) is 6.61 Å². The molecule has 0 N–H and O–H groups in total. The fourth-order valence-corrected chi connectivity index (χ4v) is 2.94. The number of carbonyl (C=O) groups is 1. The van der Waals surface area contributed by atoms with Crippen LogP contribution in [0, 0.1) is 6.92 Å². The molecular formula is C23H26N2O3. The Labute approximate surface area is 165 Å². The van der Waals surface area contributed by atoms with Crippen LogP contribution in [0.25, 0.3) is 11.5 Å². The number of hydrogen-bond acceptors (Lipinski definition) is 5. The second-order valence-electron chi connectivity index (χ2n) is 6.81. The zero-order chi connectivity index (χ0) is 19.8. The summed E-state index contributed by atoms with van der Waals surface area (Å²) < 4.78 is 11.3. The number of Topliss-reactive ketones (excluding diaryl/α,β-unsaturated/α-hetero) is 1. The Bertz CT molecular complexity index is 886. The number of carbonyl (C=O) groups excluding carboxylic acids is 1. The first-order chi connectivity index (χ1) is 13.7. The average Bonchev–Trinajstić information content (AvgIpc) is 3.09. The number of ether oxygens (including phenoxy) is 1. The van der Waals surface area contributed by atoms with Crippen molar-refractivity contribution < 1.29 is 13.9 Å². The molecule has 1 aromatic carbocycles. The Morgan fingerprint density at radius 3 is 2.54 bits per heavy atom. The van der Waals surface area contributed by atoms with Gasteiger partial charge in [-0.2, -0.15) is 0 Å². The number of aromatic nitrogens is 2. The van der Waals surface area contributed by atoms with Gasteiger partial charge in [0, 0.05) is 24.4 Å². The van der Waals surface area contributed by atoms with E-state index in [1.54, 1.807) is 12.4 Å². The summed E-state index contributed by atoms with van der Waals surface area (Å²) in [4.78, 5) is 20.5. The zero-order valence-electron chi connectivity index (χ0n) is 16.5. The topological polar surface area (TPSA) is 65.2 Å². The Balaban J connectivity index is 1.44. The number of aryl methyl sites for hydroxylation is 3. The lowest BCUT2D eigenvalue weighted by Gasteiger charge is -2.03. The van der Waals surface area contributed by atoms with Crippen LogP contribution >= 0.6 is 0 Å². The second kappa shape index (κ2) is 9.95. The fourth-order valence-electron chi connectivity index (χ4n) is 2.94. The van der Waals surface area contributed by atoms with Gasteiger partial charge in [-0.25, -0.2) is 4.98 Å². The van der Waals surface area contributed by atoms with Crippen LogP contribution in [0.3, 0.4) is 0 Å². The molecule has 5 nitrogen and oxygen atoms in total. The van der Waals surface area contributed by atoms with Gasteiger partial charge in [-0.3, -0.25) is 9.78 Å². The van der Waals surface area contributed by atoms with Crippen LogP contribution < -0.4 is 0 Å². The average molecular weight is 378 g/mol. The van der Waals surface area contributed by atoms with Gasteiger partial charge in [-0.1, -0.05) is 19.1 Å². The van der Waals surface area contributed by atoms with Crippen LogP contribution in [0.5, 0.6) is 0 Å². The molecule has 3 rings (SSSR count). The molecule has 0 aliphatic carbocycles. The van der Waals surface area contributed by atoms with E-state index in [0.717, 1.165) is 36.3 Å². The normalized spacial score (nSPS) is 10.9. The fraction of sp³-hybridized carbons (Fsp3) is 0.348. The van der Waals surface area contributed by atoms with Gasteiger partial charge in [0.25, 0.3) is 0 Å². The smallest absolute Gasteiger partial charge is 0.226 e. The van der Waals surface area contributed by atoms with Gasteiger partial charge in [-0.15, -0.1) is 0 Å². The highest BCUT2D eigenvalue weighted by molar-refractivity contribution is 5.79. The number of rotatable bonds is 10. The monoisotopic (exact) mass is 378 g/mol. The molecule has 0 fully saturated rings. The zero-order valence-corrected chi connectivity index (χ0v) is 16.5. The molecule has 146 valence electrons. The van der Waals surface area contributed by atoms with E-state index in [-0.39, 0.29) is 19.0 Å². The maximum Gasteiger partial charge on any atom is 0.226 e. The van der Waals surface area contributed by atoms with Crippen molar-refractivity contribution in [3.63, 3.8) is 0 Å². The van der Waals surface area contributed by atoms with Gasteiger partial charge in [-0.05, 0) is 61.6 Å². The van der Waals surface area contributed by atoms with E-state index in [9.17, 15) is 4.79 Å². The molecule has 0 unspecified atom stereocenters. The van der Waals surface area contributed by atoms with Gasteiger partial charge in [0.05, 0.1) is 6.61 Å². The highest BCUT2D eigenvalue weighted by atomic mass is 16.5. The molecule has 0 aliphatic rings. The first-order valence-electron chi connectivity index (χ1n) is 9.69. The van der Waals surface area contributed by atoms with Crippen molar-refractivity contribution in [3.05, 3.63) is 71.4 Å². The SMILES string of the molecule is CCc1ccc(-c2nc(COCC(=O)CCCc3ccncc3)c(C)o2)cc1. The lowest BCUT2D eigenvalue weighted by Crippen LogP contribution is -2.09. The Kier molecular flexibility index (Phi) is 7.09. The molecule has 0 aliphatic heterocycles. The standard InChI is InChI=1S/C23H26N2O3/c1-3-18-7-9-20(10-8-18)23-25-22(17(2)28-23)16-27-15-21(26)6-4-5-19-11-13-24-14-12-19/h7-14H,3-6,15-16H2,1-2H3. The van der Waals surface area contributed by atoms with Crippen molar-refractivity contribution in [1.29, 1.82) is 0 Å². The minimum Gasteiger partial charge on any atom is -0.441 e. The summed E-state index contributed by atoms with van der Waals surface area (Å²) in [7, 11) is 0. The summed E-state index contributed by atoms with van der Waals surface area (Å²) in [6.45, 7) is 4.37. The van der Waals surface area contributed by atoms with Crippen LogP contribution in [-0.4, -0.2) is 22.4 Å². The van der Waals surface area contributed by atoms with Crippen molar-refractivity contribution in [2.45, 2.75) is 46.1 Å². The molecule has 0 atom stereocenters. The van der Waals surface area contributed by atoms with Gasteiger partial charge >= 0.3 is 0 Å². The predicted molar refractivity (Wildman–Crippen MR) is 108 cm³/mol. The quantitative estimate of drug-likeness (QED) is 0.511. The van der Waals surface area contributed by atoms with E-state index >= 15 is 0 Å². The summed E-state index contributed by atoms with van der Waals surface area (Å²) in [6, 6.07) is 12.1. The Morgan fingerprint density at radius 1 is 1.07 bits per heavy atom. The highest BCUT2D eigenvalue weighted by Gasteiger charge is 2.12. The van der Waals surface area contributed by atoms with E-state index in [1.165, 1.54) is 11.1 Å². The summed E-state index contributed by atoms with van der Waals surface area (Å²) >= 11 is 0. The molecule has 0 amide bonds. The summed E-state index contributed by atoms with van der Waals surface area (Å²) in [5.74, 6) is 1.41. The van der Waals surface area contributed by atoms with Gasteiger partial charge in [0.1, 0.15) is 18.1 Å². The molecule has 28 heavy (non-hydrogen) atoms. The second-order valence-corrected chi connectivity index (χ2v) is 6.81. The van der Waals surface area contributed by atoms with Gasteiger partial charge in [0.15, 0.2) is 5.78 Å². The molecule has 0 bridgehead atoms. The summed E-state index contributed by atoms with van der Waals surface area (Å²) in [5, 5.41) is 0. The lowest BCUT2D eigenvalue weighted by molar-refractivity contribution is -0.124. The third kappa shape index (κ3) is 5.60. The van der Waals surface area contributed by atoms with Crippen LogP contribution in [0.1, 0.15) is 42.3 Å². The number of nitrogens with zero attached hydrogens (tertiary/aromatic N) is 2. The molecule has 3 aromatic rings. The van der Waals surface area contributed by atoms with Crippen molar-refractivity contribution in [3.8, 4) is 11.5 Å². The summed E-state index contributed by atoms with van der Waals surface area (Å²) in [6.07, 6.45) is 6.74.